The first-order valence-electron chi connectivity index (χ1n) is 5.47. The van der Waals surface area contributed by atoms with Crippen LogP contribution in [0.25, 0.3) is 10.7 Å². The smallest absolute Gasteiger partial charge is 0.310 e. The summed E-state index contributed by atoms with van der Waals surface area (Å²) < 4.78 is 0. The summed E-state index contributed by atoms with van der Waals surface area (Å²) in [5, 5.41) is 9.07. The molecule has 0 aliphatic heterocycles. The number of aromatic nitrogens is 3. The van der Waals surface area contributed by atoms with E-state index in [0.717, 1.165) is 4.88 Å². The molecule has 2 heterocycles. The van der Waals surface area contributed by atoms with Crippen LogP contribution >= 0.6 is 11.3 Å². The molecule has 0 aliphatic rings. The molecule has 0 saturated carbocycles. The summed E-state index contributed by atoms with van der Waals surface area (Å²) in [6, 6.07) is 0. The molecule has 18 heavy (non-hydrogen) atoms. The first kappa shape index (κ1) is 12.6. The van der Waals surface area contributed by atoms with Crippen LogP contribution in [-0.4, -0.2) is 26.0 Å². The van der Waals surface area contributed by atoms with Gasteiger partial charge in [0.25, 0.3) is 0 Å². The Hall–Kier alpha value is -1.82. The molecule has 0 amide bonds. The molecule has 2 aromatic heterocycles. The lowest BCUT2D eigenvalue weighted by Crippen LogP contribution is -2.13. The van der Waals surface area contributed by atoms with E-state index < -0.39 is 11.9 Å². The van der Waals surface area contributed by atoms with E-state index >= 15 is 0 Å². The molecular weight excluding hydrogens is 250 g/mol. The lowest BCUT2D eigenvalue weighted by molar-refractivity contribution is -0.138. The van der Waals surface area contributed by atoms with Gasteiger partial charge in [-0.3, -0.25) is 9.78 Å². The van der Waals surface area contributed by atoms with Gasteiger partial charge in [-0.1, -0.05) is 0 Å². The Kier molecular flexibility index (Phi) is 3.38. The van der Waals surface area contributed by atoms with Crippen LogP contribution < -0.4 is 0 Å². The van der Waals surface area contributed by atoms with Crippen molar-refractivity contribution < 1.29 is 9.90 Å². The van der Waals surface area contributed by atoms with Gasteiger partial charge in [-0.2, -0.15) is 0 Å². The third kappa shape index (κ3) is 2.24. The third-order valence-corrected chi connectivity index (χ3v) is 3.55. The zero-order valence-corrected chi connectivity index (χ0v) is 11.2. The van der Waals surface area contributed by atoms with Crippen molar-refractivity contribution in [3.05, 3.63) is 28.7 Å². The predicted molar refractivity (Wildman–Crippen MR) is 68.7 cm³/mol. The average molecular weight is 263 g/mol. The maximum Gasteiger partial charge on any atom is 0.310 e. The van der Waals surface area contributed by atoms with E-state index in [0.29, 0.717) is 22.8 Å². The number of aryl methyl sites for hydroxylation is 2. The van der Waals surface area contributed by atoms with Gasteiger partial charge in [0.15, 0.2) is 5.82 Å². The molecule has 0 aromatic carbocycles. The molecule has 0 aliphatic carbocycles. The van der Waals surface area contributed by atoms with Crippen molar-refractivity contribution in [2.75, 3.05) is 0 Å². The van der Waals surface area contributed by atoms with E-state index in [2.05, 4.69) is 15.0 Å². The monoisotopic (exact) mass is 263 g/mol. The maximum atomic E-state index is 11.1. The minimum absolute atomic E-state index is 0.597. The Bertz CT molecular complexity index is 558. The van der Waals surface area contributed by atoms with Crippen molar-refractivity contribution in [3.63, 3.8) is 0 Å². The zero-order chi connectivity index (χ0) is 13.3. The Morgan fingerprint density at radius 2 is 1.94 bits per heavy atom. The Morgan fingerprint density at radius 1 is 1.33 bits per heavy atom. The Balaban J connectivity index is 2.51. The predicted octanol–water partition coefficient (Wildman–Crippen LogP) is 2.41. The van der Waals surface area contributed by atoms with Crippen LogP contribution in [0.1, 0.15) is 29.8 Å². The third-order valence-electron chi connectivity index (χ3n) is 2.78. The SMILES string of the molecule is Cc1nc(-c2cncs2)nc(C)c1C(C)C(=O)O. The molecule has 0 spiro atoms. The lowest BCUT2D eigenvalue weighted by Gasteiger charge is -2.13. The van der Waals surface area contributed by atoms with Crippen LogP contribution in [0.3, 0.4) is 0 Å². The molecule has 1 atom stereocenters. The highest BCUT2D eigenvalue weighted by Gasteiger charge is 2.21. The quantitative estimate of drug-likeness (QED) is 0.920. The second kappa shape index (κ2) is 4.81. The number of thiazole rings is 1. The summed E-state index contributed by atoms with van der Waals surface area (Å²) in [6.07, 6.45) is 1.71. The average Bonchev–Trinajstić information content (AvgIpc) is 2.80. The van der Waals surface area contributed by atoms with E-state index in [9.17, 15) is 4.79 Å². The largest absolute Gasteiger partial charge is 0.481 e. The standard InChI is InChI=1S/C12H13N3O2S/c1-6(12(16)17)10-7(2)14-11(15-8(10)3)9-4-13-5-18-9/h4-6H,1-3H3,(H,16,17). The van der Waals surface area contributed by atoms with Crippen LogP contribution in [-0.2, 0) is 4.79 Å². The van der Waals surface area contributed by atoms with Crippen LogP contribution in [0, 0.1) is 13.8 Å². The van der Waals surface area contributed by atoms with Gasteiger partial charge < -0.3 is 5.11 Å². The van der Waals surface area contributed by atoms with E-state index in [4.69, 9.17) is 5.11 Å². The molecule has 1 unspecified atom stereocenters. The zero-order valence-electron chi connectivity index (χ0n) is 10.3. The molecule has 94 valence electrons. The Morgan fingerprint density at radius 3 is 2.39 bits per heavy atom. The minimum atomic E-state index is -0.865. The number of hydrogen-bond acceptors (Lipinski definition) is 5. The number of rotatable bonds is 3. The van der Waals surface area contributed by atoms with E-state index in [1.807, 2.05) is 13.8 Å². The summed E-state index contributed by atoms with van der Waals surface area (Å²) >= 11 is 1.46. The topological polar surface area (TPSA) is 76.0 Å². The fourth-order valence-electron chi connectivity index (χ4n) is 1.91. The lowest BCUT2D eigenvalue weighted by atomic mass is 9.98. The van der Waals surface area contributed by atoms with Gasteiger partial charge in [0.05, 0.1) is 16.3 Å². The molecule has 5 nitrogen and oxygen atoms in total. The summed E-state index contributed by atoms with van der Waals surface area (Å²) in [5.41, 5.74) is 3.83. The Labute approximate surface area is 109 Å². The number of carboxylic acid groups (broad SMARTS) is 1. The highest BCUT2D eigenvalue weighted by Crippen LogP contribution is 2.26. The summed E-state index contributed by atoms with van der Waals surface area (Å²) in [7, 11) is 0. The van der Waals surface area contributed by atoms with Gasteiger partial charge in [-0.25, -0.2) is 9.97 Å². The van der Waals surface area contributed by atoms with E-state index in [1.54, 1.807) is 18.6 Å². The molecule has 1 N–H and O–H groups in total. The van der Waals surface area contributed by atoms with Gasteiger partial charge >= 0.3 is 5.97 Å². The van der Waals surface area contributed by atoms with Gasteiger partial charge in [0.1, 0.15) is 0 Å². The maximum absolute atomic E-state index is 11.1. The first-order valence-corrected chi connectivity index (χ1v) is 6.35. The fraction of sp³-hybridized carbons (Fsp3) is 0.333. The van der Waals surface area contributed by atoms with Gasteiger partial charge in [-0.15, -0.1) is 11.3 Å². The van der Waals surface area contributed by atoms with Crippen molar-refractivity contribution in [2.24, 2.45) is 0 Å². The number of carboxylic acids is 1. The molecule has 2 rings (SSSR count). The summed E-state index contributed by atoms with van der Waals surface area (Å²) in [6.45, 7) is 5.27. The van der Waals surface area contributed by atoms with Crippen molar-refractivity contribution >= 4 is 17.3 Å². The van der Waals surface area contributed by atoms with E-state index in [-0.39, 0.29) is 0 Å². The minimum Gasteiger partial charge on any atom is -0.481 e. The molecule has 0 fully saturated rings. The van der Waals surface area contributed by atoms with E-state index in [1.165, 1.54) is 11.3 Å². The van der Waals surface area contributed by atoms with Gasteiger partial charge in [0, 0.05) is 23.1 Å². The summed E-state index contributed by atoms with van der Waals surface area (Å²) in [5.74, 6) is -0.857. The highest BCUT2D eigenvalue weighted by atomic mass is 32.1. The highest BCUT2D eigenvalue weighted by molar-refractivity contribution is 7.13. The van der Waals surface area contributed by atoms with Crippen molar-refractivity contribution in [1.82, 2.24) is 15.0 Å². The number of aliphatic carboxylic acids is 1. The van der Waals surface area contributed by atoms with Crippen LogP contribution in [0.2, 0.25) is 0 Å². The summed E-state index contributed by atoms with van der Waals surface area (Å²) in [4.78, 5) is 24.7. The van der Waals surface area contributed by atoms with Gasteiger partial charge in [-0.05, 0) is 20.8 Å². The molecule has 2 aromatic rings. The molecule has 0 radical (unpaired) electrons. The molecule has 0 bridgehead atoms. The molecule has 0 saturated heterocycles. The van der Waals surface area contributed by atoms with Crippen LogP contribution in [0.4, 0.5) is 0 Å². The number of nitrogens with zero attached hydrogens (tertiary/aromatic N) is 3. The molecular formula is C12H13N3O2S. The van der Waals surface area contributed by atoms with Crippen molar-refractivity contribution in [1.29, 1.82) is 0 Å². The van der Waals surface area contributed by atoms with Crippen LogP contribution in [0.5, 0.6) is 0 Å². The molecule has 6 heteroatoms. The normalized spacial score (nSPS) is 12.4. The van der Waals surface area contributed by atoms with Crippen molar-refractivity contribution in [2.45, 2.75) is 26.7 Å². The van der Waals surface area contributed by atoms with Crippen molar-refractivity contribution in [3.8, 4) is 10.7 Å². The second-order valence-electron chi connectivity index (χ2n) is 4.06. The van der Waals surface area contributed by atoms with Gasteiger partial charge in [0.2, 0.25) is 0 Å². The first-order chi connectivity index (χ1) is 8.50. The second-order valence-corrected chi connectivity index (χ2v) is 4.94. The number of hydrogen-bond donors (Lipinski definition) is 1. The van der Waals surface area contributed by atoms with Crippen LogP contribution in [0.15, 0.2) is 11.7 Å². The number of carbonyl (C=O) groups is 1. The fourth-order valence-corrected chi connectivity index (χ4v) is 2.47.